The topological polar surface area (TPSA) is 58.6 Å². The standard InChI is InChI=1S/C12H18N2O3S/c1-17-12-7-8-14(9-12)11-5-3-10(4-6-11)13-18(2,15)16/h3-6,12-13H,7-9H2,1-2H3/t12-/m1/s1. The van der Waals surface area contributed by atoms with E-state index in [0.717, 1.165) is 31.5 Å². The maximum atomic E-state index is 11.1. The van der Waals surface area contributed by atoms with Crippen molar-refractivity contribution >= 4 is 21.4 Å². The molecule has 5 nitrogen and oxygen atoms in total. The van der Waals surface area contributed by atoms with E-state index in [1.165, 1.54) is 0 Å². The molecule has 0 aliphatic carbocycles. The minimum absolute atomic E-state index is 0.291. The number of sulfonamides is 1. The van der Waals surface area contributed by atoms with Crippen molar-refractivity contribution in [3.8, 4) is 0 Å². The predicted octanol–water partition coefficient (Wildman–Crippen LogP) is 1.28. The van der Waals surface area contributed by atoms with Crippen LogP contribution in [0.1, 0.15) is 6.42 Å². The van der Waals surface area contributed by atoms with Gasteiger partial charge in [0, 0.05) is 31.6 Å². The number of methoxy groups -OCH3 is 1. The summed E-state index contributed by atoms with van der Waals surface area (Å²) in [7, 11) is -1.48. The summed E-state index contributed by atoms with van der Waals surface area (Å²) in [5, 5.41) is 0. The Balaban J connectivity index is 2.04. The van der Waals surface area contributed by atoms with Gasteiger partial charge in [-0.3, -0.25) is 4.72 Å². The second kappa shape index (κ2) is 5.16. The molecule has 2 rings (SSSR count). The Labute approximate surface area is 108 Å². The van der Waals surface area contributed by atoms with Crippen LogP contribution in [-0.2, 0) is 14.8 Å². The van der Waals surface area contributed by atoms with Gasteiger partial charge in [-0.15, -0.1) is 0 Å². The SMILES string of the molecule is CO[C@@H]1CCN(c2ccc(NS(C)(=O)=O)cc2)C1. The van der Waals surface area contributed by atoms with E-state index in [1.54, 1.807) is 19.2 Å². The number of nitrogens with zero attached hydrogens (tertiary/aromatic N) is 1. The van der Waals surface area contributed by atoms with E-state index in [1.807, 2.05) is 12.1 Å². The highest BCUT2D eigenvalue weighted by atomic mass is 32.2. The summed E-state index contributed by atoms with van der Waals surface area (Å²) >= 11 is 0. The van der Waals surface area contributed by atoms with Crippen molar-refractivity contribution < 1.29 is 13.2 Å². The Morgan fingerprint density at radius 3 is 2.50 bits per heavy atom. The highest BCUT2D eigenvalue weighted by molar-refractivity contribution is 7.92. The molecule has 1 heterocycles. The normalized spacial score (nSPS) is 20.1. The zero-order valence-electron chi connectivity index (χ0n) is 10.6. The third kappa shape index (κ3) is 3.36. The summed E-state index contributed by atoms with van der Waals surface area (Å²) in [6, 6.07) is 7.39. The zero-order chi connectivity index (χ0) is 13.2. The molecule has 100 valence electrons. The molecule has 1 fully saturated rings. The van der Waals surface area contributed by atoms with Crippen molar-refractivity contribution in [2.45, 2.75) is 12.5 Å². The van der Waals surface area contributed by atoms with Crippen molar-refractivity contribution in [3.05, 3.63) is 24.3 Å². The first-order valence-corrected chi connectivity index (χ1v) is 7.72. The fourth-order valence-electron chi connectivity index (χ4n) is 2.11. The van der Waals surface area contributed by atoms with Gasteiger partial charge in [0.1, 0.15) is 0 Å². The van der Waals surface area contributed by atoms with Crippen LogP contribution in [0.15, 0.2) is 24.3 Å². The first kappa shape index (κ1) is 13.2. The van der Waals surface area contributed by atoms with Crippen LogP contribution in [0.5, 0.6) is 0 Å². The summed E-state index contributed by atoms with van der Waals surface area (Å²) in [5.74, 6) is 0. The van der Waals surface area contributed by atoms with E-state index in [4.69, 9.17) is 4.74 Å². The van der Waals surface area contributed by atoms with Crippen LogP contribution in [0.4, 0.5) is 11.4 Å². The van der Waals surface area contributed by atoms with Gasteiger partial charge in [0.15, 0.2) is 0 Å². The molecule has 0 spiro atoms. The van der Waals surface area contributed by atoms with Crippen molar-refractivity contribution in [1.29, 1.82) is 0 Å². The lowest BCUT2D eigenvalue weighted by Gasteiger charge is -2.18. The molecule has 0 bridgehead atoms. The number of benzene rings is 1. The molecule has 0 unspecified atom stereocenters. The number of anilines is 2. The Morgan fingerprint density at radius 2 is 2.00 bits per heavy atom. The van der Waals surface area contributed by atoms with E-state index in [9.17, 15) is 8.42 Å². The number of nitrogens with one attached hydrogen (secondary N) is 1. The van der Waals surface area contributed by atoms with Gasteiger partial charge in [-0.1, -0.05) is 0 Å². The second-order valence-electron chi connectivity index (χ2n) is 4.51. The van der Waals surface area contributed by atoms with Crippen LogP contribution < -0.4 is 9.62 Å². The van der Waals surface area contributed by atoms with Gasteiger partial charge in [0.25, 0.3) is 0 Å². The van der Waals surface area contributed by atoms with Gasteiger partial charge >= 0.3 is 0 Å². The van der Waals surface area contributed by atoms with Crippen molar-refractivity contribution in [1.82, 2.24) is 0 Å². The van der Waals surface area contributed by atoms with Crippen LogP contribution in [-0.4, -0.2) is 41.0 Å². The third-order valence-corrected chi connectivity index (χ3v) is 3.62. The van der Waals surface area contributed by atoms with E-state index in [-0.39, 0.29) is 0 Å². The lowest BCUT2D eigenvalue weighted by molar-refractivity contribution is 0.121. The van der Waals surface area contributed by atoms with Crippen LogP contribution in [0.25, 0.3) is 0 Å². The van der Waals surface area contributed by atoms with Gasteiger partial charge in [0.05, 0.1) is 12.4 Å². The fourth-order valence-corrected chi connectivity index (χ4v) is 2.67. The molecule has 0 amide bonds. The predicted molar refractivity (Wildman–Crippen MR) is 72.5 cm³/mol. The molecule has 1 aliphatic rings. The van der Waals surface area contributed by atoms with E-state index < -0.39 is 10.0 Å². The van der Waals surface area contributed by atoms with Gasteiger partial charge in [-0.05, 0) is 30.7 Å². The quantitative estimate of drug-likeness (QED) is 0.895. The molecule has 6 heteroatoms. The van der Waals surface area contributed by atoms with Gasteiger partial charge in [-0.2, -0.15) is 0 Å². The average molecular weight is 270 g/mol. The lowest BCUT2D eigenvalue weighted by atomic mass is 10.2. The Morgan fingerprint density at radius 1 is 1.33 bits per heavy atom. The monoisotopic (exact) mass is 270 g/mol. The maximum absolute atomic E-state index is 11.1. The van der Waals surface area contributed by atoms with Crippen molar-refractivity contribution in [2.75, 3.05) is 36.1 Å². The number of hydrogen-bond acceptors (Lipinski definition) is 4. The largest absolute Gasteiger partial charge is 0.380 e. The van der Waals surface area contributed by atoms with Crippen LogP contribution >= 0.6 is 0 Å². The molecule has 1 aromatic rings. The van der Waals surface area contributed by atoms with Gasteiger partial charge in [-0.25, -0.2) is 8.42 Å². The molecule has 1 atom stereocenters. The molecule has 1 saturated heterocycles. The summed E-state index contributed by atoms with van der Waals surface area (Å²) in [4.78, 5) is 2.23. The molecule has 1 aromatic carbocycles. The number of rotatable bonds is 4. The van der Waals surface area contributed by atoms with E-state index in [2.05, 4.69) is 9.62 Å². The summed E-state index contributed by atoms with van der Waals surface area (Å²) in [6.45, 7) is 1.85. The van der Waals surface area contributed by atoms with Crippen LogP contribution in [0.2, 0.25) is 0 Å². The fraction of sp³-hybridized carbons (Fsp3) is 0.500. The highest BCUT2D eigenvalue weighted by Crippen LogP contribution is 2.23. The van der Waals surface area contributed by atoms with E-state index in [0.29, 0.717) is 11.8 Å². The molecular weight excluding hydrogens is 252 g/mol. The number of hydrogen-bond donors (Lipinski definition) is 1. The Kier molecular flexibility index (Phi) is 3.77. The second-order valence-corrected chi connectivity index (χ2v) is 6.26. The van der Waals surface area contributed by atoms with Crippen molar-refractivity contribution in [3.63, 3.8) is 0 Å². The summed E-state index contributed by atoms with van der Waals surface area (Å²) in [5.41, 5.74) is 1.68. The maximum Gasteiger partial charge on any atom is 0.229 e. The Bertz CT molecular complexity index is 499. The summed E-state index contributed by atoms with van der Waals surface area (Å²) < 4.78 is 29.9. The lowest BCUT2D eigenvalue weighted by Crippen LogP contribution is -2.22. The molecule has 0 aromatic heterocycles. The molecule has 1 N–H and O–H groups in total. The highest BCUT2D eigenvalue weighted by Gasteiger charge is 2.21. The molecule has 1 aliphatic heterocycles. The van der Waals surface area contributed by atoms with Crippen LogP contribution in [0.3, 0.4) is 0 Å². The van der Waals surface area contributed by atoms with Gasteiger partial charge in [0.2, 0.25) is 10.0 Å². The van der Waals surface area contributed by atoms with E-state index >= 15 is 0 Å². The molecule has 18 heavy (non-hydrogen) atoms. The molecule has 0 saturated carbocycles. The first-order chi connectivity index (χ1) is 8.48. The van der Waals surface area contributed by atoms with Crippen molar-refractivity contribution in [2.24, 2.45) is 0 Å². The number of ether oxygens (including phenoxy) is 1. The zero-order valence-corrected chi connectivity index (χ0v) is 11.4. The summed E-state index contributed by atoms with van der Waals surface area (Å²) in [6.07, 6.45) is 2.46. The minimum atomic E-state index is -3.21. The smallest absolute Gasteiger partial charge is 0.229 e. The van der Waals surface area contributed by atoms with Crippen LogP contribution in [0, 0.1) is 0 Å². The Hall–Kier alpha value is -1.27. The minimum Gasteiger partial charge on any atom is -0.380 e. The molecular formula is C12H18N2O3S. The van der Waals surface area contributed by atoms with Gasteiger partial charge < -0.3 is 9.64 Å². The molecule has 0 radical (unpaired) electrons. The third-order valence-electron chi connectivity index (χ3n) is 3.01. The first-order valence-electron chi connectivity index (χ1n) is 5.83. The average Bonchev–Trinajstić information content (AvgIpc) is 2.76.